The Morgan fingerprint density at radius 1 is 1.44 bits per heavy atom. The molecule has 0 spiro atoms. The lowest BCUT2D eigenvalue weighted by Gasteiger charge is -2.15. The molecule has 0 aliphatic carbocycles. The second-order valence-corrected chi connectivity index (χ2v) is 4.51. The van der Waals surface area contributed by atoms with Gasteiger partial charge in [0.05, 0.1) is 7.11 Å². The molecule has 0 rings (SSSR count). The van der Waals surface area contributed by atoms with Crippen LogP contribution in [0.5, 0.6) is 0 Å². The van der Waals surface area contributed by atoms with Crippen LogP contribution in [-0.4, -0.2) is 37.0 Å². The monoisotopic (exact) mass is 247 g/mol. The molecule has 0 unspecified atom stereocenters. The molecule has 16 heavy (non-hydrogen) atoms. The lowest BCUT2D eigenvalue weighted by molar-refractivity contribution is -0.145. The summed E-state index contributed by atoms with van der Waals surface area (Å²) in [6.07, 6.45) is 4.88. The maximum Gasteiger partial charge on any atom is 0.328 e. The van der Waals surface area contributed by atoms with Gasteiger partial charge in [0.1, 0.15) is 6.04 Å². The molecule has 0 fully saturated rings. The van der Waals surface area contributed by atoms with E-state index in [0.29, 0.717) is 12.8 Å². The van der Waals surface area contributed by atoms with E-state index < -0.39 is 6.04 Å². The van der Waals surface area contributed by atoms with Gasteiger partial charge in [-0.05, 0) is 24.9 Å². The predicted molar refractivity (Wildman–Crippen MR) is 66.5 cm³/mol. The average molecular weight is 247 g/mol. The van der Waals surface area contributed by atoms with Gasteiger partial charge in [0.25, 0.3) is 0 Å². The first-order valence-electron chi connectivity index (χ1n) is 5.51. The molecule has 0 saturated carbocycles. The molecular formula is C11H21NO3S. The third kappa shape index (κ3) is 6.71. The molecule has 0 aliphatic heterocycles. The molecule has 0 radical (unpaired) electrons. The zero-order chi connectivity index (χ0) is 12.4. The highest BCUT2D eigenvalue weighted by Gasteiger charge is 2.20. The van der Waals surface area contributed by atoms with Crippen molar-refractivity contribution in [3.05, 3.63) is 0 Å². The fourth-order valence-corrected chi connectivity index (χ4v) is 1.70. The van der Waals surface area contributed by atoms with Crippen molar-refractivity contribution in [3.63, 3.8) is 0 Å². The number of carbonyl (C=O) groups excluding carboxylic acids is 2. The summed E-state index contributed by atoms with van der Waals surface area (Å²) in [7, 11) is 1.34. The van der Waals surface area contributed by atoms with E-state index >= 15 is 0 Å². The first-order chi connectivity index (χ1) is 7.65. The number of hydrogen-bond acceptors (Lipinski definition) is 4. The predicted octanol–water partition coefficient (Wildman–Crippen LogP) is 1.59. The number of thioether (sulfide) groups is 1. The van der Waals surface area contributed by atoms with Crippen LogP contribution in [-0.2, 0) is 14.3 Å². The molecule has 1 N–H and O–H groups in total. The smallest absolute Gasteiger partial charge is 0.328 e. The summed E-state index contributed by atoms with van der Waals surface area (Å²) < 4.78 is 4.65. The summed E-state index contributed by atoms with van der Waals surface area (Å²) in [5, 5.41) is 2.71. The van der Waals surface area contributed by atoms with Crippen LogP contribution < -0.4 is 5.32 Å². The molecule has 0 bridgehead atoms. The summed E-state index contributed by atoms with van der Waals surface area (Å²) >= 11 is 1.64. The molecule has 0 aromatic carbocycles. The molecule has 94 valence electrons. The van der Waals surface area contributed by atoms with Gasteiger partial charge in [0, 0.05) is 6.42 Å². The first-order valence-corrected chi connectivity index (χ1v) is 6.91. The maximum absolute atomic E-state index is 11.5. The van der Waals surface area contributed by atoms with Crippen molar-refractivity contribution in [3.8, 4) is 0 Å². The molecule has 5 heteroatoms. The van der Waals surface area contributed by atoms with Crippen molar-refractivity contribution in [2.45, 2.75) is 38.6 Å². The summed E-state index contributed by atoms with van der Waals surface area (Å²) in [5.41, 5.74) is 0. The second-order valence-electron chi connectivity index (χ2n) is 3.53. The Hall–Kier alpha value is -0.710. The van der Waals surface area contributed by atoms with Crippen molar-refractivity contribution in [1.29, 1.82) is 0 Å². The van der Waals surface area contributed by atoms with Gasteiger partial charge < -0.3 is 10.1 Å². The van der Waals surface area contributed by atoms with Gasteiger partial charge in [-0.25, -0.2) is 4.79 Å². The topological polar surface area (TPSA) is 55.4 Å². The van der Waals surface area contributed by atoms with Crippen LogP contribution >= 0.6 is 11.8 Å². The van der Waals surface area contributed by atoms with Crippen LogP contribution in [0.1, 0.15) is 32.6 Å². The van der Waals surface area contributed by atoms with Gasteiger partial charge >= 0.3 is 5.97 Å². The van der Waals surface area contributed by atoms with Crippen LogP contribution in [0.15, 0.2) is 0 Å². The molecule has 4 nitrogen and oxygen atoms in total. The normalized spacial score (nSPS) is 11.9. The maximum atomic E-state index is 11.5. The molecular weight excluding hydrogens is 226 g/mol. The molecule has 0 aliphatic rings. The van der Waals surface area contributed by atoms with E-state index in [-0.39, 0.29) is 11.9 Å². The molecule has 0 aromatic heterocycles. The van der Waals surface area contributed by atoms with Gasteiger partial charge in [-0.1, -0.05) is 13.3 Å². The molecule has 0 heterocycles. The van der Waals surface area contributed by atoms with Crippen LogP contribution in [0.4, 0.5) is 0 Å². The van der Waals surface area contributed by atoms with Crippen LogP contribution in [0.2, 0.25) is 0 Å². The Morgan fingerprint density at radius 2 is 2.12 bits per heavy atom. The van der Waals surface area contributed by atoms with Gasteiger partial charge in [0.15, 0.2) is 0 Å². The van der Waals surface area contributed by atoms with Crippen LogP contribution in [0, 0.1) is 0 Å². The number of ether oxygens (including phenoxy) is 1. The fourth-order valence-electron chi connectivity index (χ4n) is 1.23. The van der Waals surface area contributed by atoms with Crippen molar-refractivity contribution in [2.75, 3.05) is 19.1 Å². The van der Waals surface area contributed by atoms with Crippen LogP contribution in [0.3, 0.4) is 0 Å². The SMILES string of the molecule is CCCCC(=O)N[C@@H](CCSC)C(=O)OC. The number of esters is 1. The number of rotatable bonds is 8. The number of methoxy groups -OCH3 is 1. The van der Waals surface area contributed by atoms with Crippen molar-refractivity contribution in [2.24, 2.45) is 0 Å². The Balaban J connectivity index is 4.08. The average Bonchev–Trinajstić information content (AvgIpc) is 2.30. The van der Waals surface area contributed by atoms with Gasteiger partial charge in [-0.3, -0.25) is 4.79 Å². The number of nitrogens with one attached hydrogen (secondary N) is 1. The highest BCUT2D eigenvalue weighted by Crippen LogP contribution is 2.03. The van der Waals surface area contributed by atoms with E-state index in [9.17, 15) is 9.59 Å². The summed E-state index contributed by atoms with van der Waals surface area (Å²) in [6.45, 7) is 2.03. The standard InChI is InChI=1S/C11H21NO3S/c1-4-5-6-10(13)12-9(7-8-16-3)11(14)15-2/h9H,4-8H2,1-3H3,(H,12,13)/t9-/m0/s1. The van der Waals surface area contributed by atoms with E-state index in [0.717, 1.165) is 18.6 Å². The first kappa shape index (κ1) is 15.3. The van der Waals surface area contributed by atoms with Crippen molar-refractivity contribution in [1.82, 2.24) is 5.32 Å². The third-order valence-electron chi connectivity index (χ3n) is 2.19. The van der Waals surface area contributed by atoms with Crippen molar-refractivity contribution < 1.29 is 14.3 Å². The van der Waals surface area contributed by atoms with E-state index in [1.165, 1.54) is 7.11 Å². The molecule has 0 saturated heterocycles. The lowest BCUT2D eigenvalue weighted by atomic mass is 10.2. The zero-order valence-corrected chi connectivity index (χ0v) is 11.1. The molecule has 1 amide bonds. The van der Waals surface area contributed by atoms with E-state index in [2.05, 4.69) is 10.1 Å². The zero-order valence-electron chi connectivity index (χ0n) is 10.2. The third-order valence-corrected chi connectivity index (χ3v) is 2.83. The summed E-state index contributed by atoms with van der Waals surface area (Å²) in [4.78, 5) is 22.9. The number of amides is 1. The molecule has 1 atom stereocenters. The Bertz CT molecular complexity index is 221. The highest BCUT2D eigenvalue weighted by atomic mass is 32.2. The minimum Gasteiger partial charge on any atom is -0.467 e. The van der Waals surface area contributed by atoms with Gasteiger partial charge in [-0.2, -0.15) is 11.8 Å². The quantitative estimate of drug-likeness (QED) is 0.662. The highest BCUT2D eigenvalue weighted by molar-refractivity contribution is 7.98. The minimum atomic E-state index is -0.498. The Labute approximate surface area is 101 Å². The molecule has 0 aromatic rings. The number of hydrogen-bond donors (Lipinski definition) is 1. The van der Waals surface area contributed by atoms with E-state index in [4.69, 9.17) is 0 Å². The van der Waals surface area contributed by atoms with Gasteiger partial charge in [-0.15, -0.1) is 0 Å². The van der Waals surface area contributed by atoms with E-state index in [1.807, 2.05) is 13.2 Å². The van der Waals surface area contributed by atoms with Gasteiger partial charge in [0.2, 0.25) is 5.91 Å². The minimum absolute atomic E-state index is 0.0710. The van der Waals surface area contributed by atoms with Crippen molar-refractivity contribution >= 4 is 23.6 Å². The Kier molecular flexibility index (Phi) is 9.09. The fraction of sp³-hybridized carbons (Fsp3) is 0.818. The largest absolute Gasteiger partial charge is 0.467 e. The van der Waals surface area contributed by atoms with Crippen LogP contribution in [0.25, 0.3) is 0 Å². The summed E-state index contributed by atoms with van der Waals surface area (Å²) in [6, 6.07) is -0.498. The summed E-state index contributed by atoms with van der Waals surface area (Å²) in [5.74, 6) is 0.394. The number of unbranched alkanes of at least 4 members (excludes halogenated alkanes) is 1. The number of carbonyl (C=O) groups is 2. The van der Waals surface area contributed by atoms with E-state index in [1.54, 1.807) is 11.8 Å². The second kappa shape index (κ2) is 9.51. The lowest BCUT2D eigenvalue weighted by Crippen LogP contribution is -2.41. The Morgan fingerprint density at radius 3 is 2.62 bits per heavy atom.